The second-order valence-corrected chi connectivity index (χ2v) is 7.30. The lowest BCUT2D eigenvalue weighted by atomic mass is 9.92. The normalized spacial score (nSPS) is 18.4. The maximum absolute atomic E-state index is 13.4. The Kier molecular flexibility index (Phi) is 4.90. The fraction of sp³-hybridized carbons (Fsp3) is 0.158. The zero-order chi connectivity index (χ0) is 22.3. The number of nitro benzene ring substituents is 1. The highest BCUT2D eigenvalue weighted by atomic mass is 35.5. The molecule has 2 aromatic carbocycles. The Hall–Kier alpha value is -3.86. The number of carbonyl (C=O) groups is 2. The molecule has 1 aliphatic rings. The van der Waals surface area contributed by atoms with Gasteiger partial charge in [-0.25, -0.2) is 9.18 Å². The van der Waals surface area contributed by atoms with E-state index in [9.17, 15) is 24.1 Å². The van der Waals surface area contributed by atoms with Crippen LogP contribution in [0.15, 0.2) is 47.0 Å². The number of imide groups is 1. The second-order valence-electron chi connectivity index (χ2n) is 6.89. The van der Waals surface area contributed by atoms with Gasteiger partial charge in [0.05, 0.1) is 4.92 Å². The first-order valence-electron chi connectivity index (χ1n) is 8.86. The summed E-state index contributed by atoms with van der Waals surface area (Å²) in [4.78, 5) is 40.8. The van der Waals surface area contributed by atoms with Gasteiger partial charge in [0.15, 0.2) is 0 Å². The SMILES string of the molecule is CC1(c2ccc(F)cc2Cl)NC(=O)N(Cc2nc(-c3cccc([N+](=O)[O-])c3)no2)C1=O. The van der Waals surface area contributed by atoms with Gasteiger partial charge in [-0.1, -0.05) is 35.0 Å². The van der Waals surface area contributed by atoms with E-state index in [0.717, 1.165) is 17.0 Å². The number of hydrogen-bond acceptors (Lipinski definition) is 7. The molecule has 3 amide bonds. The van der Waals surface area contributed by atoms with E-state index >= 15 is 0 Å². The van der Waals surface area contributed by atoms with Crippen LogP contribution in [0.4, 0.5) is 14.9 Å². The Morgan fingerprint density at radius 3 is 2.77 bits per heavy atom. The van der Waals surface area contributed by atoms with Crippen molar-refractivity contribution in [3.05, 3.63) is 74.9 Å². The fourth-order valence-corrected chi connectivity index (χ4v) is 3.60. The van der Waals surface area contributed by atoms with E-state index < -0.39 is 28.2 Å². The van der Waals surface area contributed by atoms with E-state index in [0.29, 0.717) is 5.56 Å². The molecule has 31 heavy (non-hydrogen) atoms. The molecule has 0 bridgehead atoms. The molecule has 0 spiro atoms. The number of urea groups is 1. The van der Waals surface area contributed by atoms with Crippen molar-refractivity contribution >= 4 is 29.2 Å². The molecule has 1 fully saturated rings. The van der Waals surface area contributed by atoms with E-state index in [1.54, 1.807) is 6.07 Å². The Morgan fingerprint density at radius 1 is 1.29 bits per heavy atom. The van der Waals surface area contributed by atoms with E-state index in [1.807, 2.05) is 0 Å². The Balaban J connectivity index is 1.58. The van der Waals surface area contributed by atoms with Crippen LogP contribution in [0.5, 0.6) is 0 Å². The van der Waals surface area contributed by atoms with Crippen LogP contribution in [0, 0.1) is 15.9 Å². The van der Waals surface area contributed by atoms with Crippen LogP contribution in [-0.4, -0.2) is 31.9 Å². The molecule has 0 radical (unpaired) electrons. The molecule has 4 rings (SSSR count). The summed E-state index contributed by atoms with van der Waals surface area (Å²) >= 11 is 6.08. The lowest BCUT2D eigenvalue weighted by molar-refractivity contribution is -0.384. The van der Waals surface area contributed by atoms with E-state index in [1.165, 1.54) is 31.2 Å². The number of nitro groups is 1. The number of benzene rings is 2. The molecule has 12 heteroatoms. The van der Waals surface area contributed by atoms with Gasteiger partial charge in [0.2, 0.25) is 11.7 Å². The van der Waals surface area contributed by atoms with Gasteiger partial charge in [0, 0.05) is 28.3 Å². The summed E-state index contributed by atoms with van der Waals surface area (Å²) in [6, 6.07) is 8.41. The van der Waals surface area contributed by atoms with Gasteiger partial charge in [0.1, 0.15) is 17.9 Å². The minimum Gasteiger partial charge on any atom is -0.337 e. The highest BCUT2D eigenvalue weighted by molar-refractivity contribution is 6.32. The average molecular weight is 446 g/mol. The largest absolute Gasteiger partial charge is 0.337 e. The maximum Gasteiger partial charge on any atom is 0.325 e. The number of rotatable bonds is 5. The van der Waals surface area contributed by atoms with Crippen molar-refractivity contribution < 1.29 is 23.4 Å². The molecule has 1 saturated heterocycles. The maximum atomic E-state index is 13.4. The highest BCUT2D eigenvalue weighted by Gasteiger charge is 2.50. The molecule has 3 aromatic rings. The Bertz CT molecular complexity index is 1230. The minimum atomic E-state index is -1.51. The van der Waals surface area contributed by atoms with Crippen LogP contribution < -0.4 is 5.32 Å². The van der Waals surface area contributed by atoms with Crippen LogP contribution >= 0.6 is 11.6 Å². The number of carbonyl (C=O) groups excluding carboxylic acids is 2. The first-order chi connectivity index (χ1) is 14.7. The third-order valence-corrected chi connectivity index (χ3v) is 5.13. The van der Waals surface area contributed by atoms with Gasteiger partial charge in [0.25, 0.3) is 11.6 Å². The topological polar surface area (TPSA) is 131 Å². The molecule has 2 heterocycles. The molecule has 0 aliphatic carbocycles. The van der Waals surface area contributed by atoms with Crippen LogP contribution in [0.1, 0.15) is 18.4 Å². The van der Waals surface area contributed by atoms with Crippen molar-refractivity contribution in [3.63, 3.8) is 0 Å². The van der Waals surface area contributed by atoms with Gasteiger partial charge < -0.3 is 9.84 Å². The van der Waals surface area contributed by atoms with Crippen LogP contribution in [-0.2, 0) is 16.9 Å². The minimum absolute atomic E-state index is 0.0104. The fourth-order valence-electron chi connectivity index (χ4n) is 3.25. The third kappa shape index (κ3) is 3.59. The number of amides is 3. The molecule has 0 saturated carbocycles. The molecule has 158 valence electrons. The van der Waals surface area contributed by atoms with Gasteiger partial charge in [-0.3, -0.25) is 19.8 Å². The number of non-ortho nitro benzene ring substituents is 1. The Morgan fingerprint density at radius 2 is 2.06 bits per heavy atom. The quantitative estimate of drug-likeness (QED) is 0.361. The van der Waals surface area contributed by atoms with E-state index in [4.69, 9.17) is 16.1 Å². The lowest BCUT2D eigenvalue weighted by Gasteiger charge is -2.23. The molecule has 1 unspecified atom stereocenters. The summed E-state index contributed by atoms with van der Waals surface area (Å²) in [7, 11) is 0. The van der Waals surface area contributed by atoms with Crippen LogP contribution in [0.25, 0.3) is 11.4 Å². The zero-order valence-electron chi connectivity index (χ0n) is 15.8. The molecular formula is C19H13ClFN5O5. The number of hydrogen-bond donors (Lipinski definition) is 1. The summed E-state index contributed by atoms with van der Waals surface area (Å²) in [6.45, 7) is 1.12. The molecule has 1 N–H and O–H groups in total. The third-order valence-electron chi connectivity index (χ3n) is 4.82. The van der Waals surface area contributed by atoms with Crippen molar-refractivity contribution in [2.75, 3.05) is 0 Å². The van der Waals surface area contributed by atoms with Crippen LogP contribution in [0.3, 0.4) is 0 Å². The first kappa shape index (κ1) is 20.4. The van der Waals surface area contributed by atoms with Crippen molar-refractivity contribution in [2.45, 2.75) is 19.0 Å². The number of halogens is 2. The molecule has 1 aromatic heterocycles. The summed E-state index contributed by atoms with van der Waals surface area (Å²) in [5.41, 5.74) is -1.08. The van der Waals surface area contributed by atoms with E-state index in [-0.39, 0.29) is 34.5 Å². The van der Waals surface area contributed by atoms with Gasteiger partial charge >= 0.3 is 6.03 Å². The summed E-state index contributed by atoms with van der Waals surface area (Å²) in [5, 5.41) is 17.2. The van der Waals surface area contributed by atoms with Crippen molar-refractivity contribution in [1.82, 2.24) is 20.4 Å². The van der Waals surface area contributed by atoms with Crippen molar-refractivity contribution in [1.29, 1.82) is 0 Å². The monoisotopic (exact) mass is 445 g/mol. The number of nitrogens with one attached hydrogen (secondary N) is 1. The van der Waals surface area contributed by atoms with Gasteiger partial charge in [-0.15, -0.1) is 0 Å². The van der Waals surface area contributed by atoms with Gasteiger partial charge in [-0.05, 0) is 19.1 Å². The second kappa shape index (κ2) is 7.43. The summed E-state index contributed by atoms with van der Waals surface area (Å²) in [5.74, 6) is -1.21. The zero-order valence-corrected chi connectivity index (χ0v) is 16.6. The Labute approximate surface area is 178 Å². The molecule has 1 aliphatic heterocycles. The predicted molar refractivity (Wildman–Crippen MR) is 104 cm³/mol. The smallest absolute Gasteiger partial charge is 0.325 e. The number of aromatic nitrogens is 2. The molecular weight excluding hydrogens is 433 g/mol. The van der Waals surface area contributed by atoms with E-state index in [2.05, 4.69) is 15.5 Å². The number of nitrogens with zero attached hydrogens (tertiary/aromatic N) is 4. The van der Waals surface area contributed by atoms with Crippen molar-refractivity contribution in [2.24, 2.45) is 0 Å². The highest BCUT2D eigenvalue weighted by Crippen LogP contribution is 2.34. The molecule has 10 nitrogen and oxygen atoms in total. The van der Waals surface area contributed by atoms with Crippen LogP contribution in [0.2, 0.25) is 5.02 Å². The van der Waals surface area contributed by atoms with Gasteiger partial charge in [-0.2, -0.15) is 4.98 Å². The first-order valence-corrected chi connectivity index (χ1v) is 9.24. The van der Waals surface area contributed by atoms with Crippen molar-refractivity contribution in [3.8, 4) is 11.4 Å². The predicted octanol–water partition coefficient (Wildman–Crippen LogP) is 3.40. The standard InChI is InChI=1S/C19H13ClFN5O5/c1-19(13-6-5-11(21)8-14(13)20)17(27)25(18(28)23-19)9-15-22-16(24-31-15)10-3-2-4-12(7-10)26(29)30/h2-8H,9H2,1H3,(H,23,28). The molecule has 1 atom stereocenters. The average Bonchev–Trinajstić information content (AvgIpc) is 3.27. The summed E-state index contributed by atoms with van der Waals surface area (Å²) < 4.78 is 18.5. The summed E-state index contributed by atoms with van der Waals surface area (Å²) in [6.07, 6.45) is 0. The lowest BCUT2D eigenvalue weighted by Crippen LogP contribution is -2.41.